The van der Waals surface area contributed by atoms with Crippen molar-refractivity contribution in [1.82, 2.24) is 9.55 Å². The Morgan fingerprint density at radius 2 is 2.25 bits per heavy atom. The first-order valence-corrected chi connectivity index (χ1v) is 7.44. The summed E-state index contributed by atoms with van der Waals surface area (Å²) >= 11 is 6.95. The third-order valence-electron chi connectivity index (χ3n) is 2.65. The van der Waals surface area contributed by atoms with Crippen LogP contribution in [0.3, 0.4) is 0 Å². The van der Waals surface area contributed by atoms with Crippen molar-refractivity contribution in [2.45, 2.75) is 25.0 Å². The van der Waals surface area contributed by atoms with E-state index in [9.17, 15) is 9.59 Å². The molecule has 7 heteroatoms. The summed E-state index contributed by atoms with van der Waals surface area (Å²) in [7, 11) is 0. The largest absolute Gasteiger partial charge is 0.481 e. The number of fused-ring (bicyclic) bond motifs is 1. The molecule has 1 N–H and O–H groups in total. The van der Waals surface area contributed by atoms with Gasteiger partial charge in [-0.2, -0.15) is 0 Å². The van der Waals surface area contributed by atoms with Gasteiger partial charge in [0.1, 0.15) is 0 Å². The first kappa shape index (κ1) is 14.9. The van der Waals surface area contributed by atoms with E-state index >= 15 is 0 Å². The van der Waals surface area contributed by atoms with E-state index in [0.717, 1.165) is 18.2 Å². The molecule has 1 aromatic heterocycles. The Morgan fingerprint density at radius 3 is 2.90 bits per heavy atom. The molecule has 0 bridgehead atoms. The Bertz CT molecular complexity index is 715. The molecule has 0 saturated carbocycles. The Morgan fingerprint density at radius 1 is 1.50 bits per heavy atom. The number of halogens is 1. The highest BCUT2D eigenvalue weighted by Crippen LogP contribution is 2.20. The number of nitrogens with zero attached hydrogens (tertiary/aromatic N) is 2. The van der Waals surface area contributed by atoms with Gasteiger partial charge in [-0.25, -0.2) is 4.98 Å². The summed E-state index contributed by atoms with van der Waals surface area (Å²) in [6, 6.07) is 4.91. The minimum atomic E-state index is -0.941. The lowest BCUT2D eigenvalue weighted by atomic mass is 10.2. The Kier molecular flexibility index (Phi) is 4.67. The van der Waals surface area contributed by atoms with Gasteiger partial charge < -0.3 is 5.11 Å². The van der Waals surface area contributed by atoms with Crippen LogP contribution in [0.2, 0.25) is 5.02 Å². The third kappa shape index (κ3) is 3.13. The van der Waals surface area contributed by atoms with Crippen LogP contribution in [0.4, 0.5) is 0 Å². The molecule has 5 nitrogen and oxygen atoms in total. The minimum Gasteiger partial charge on any atom is -0.481 e. The van der Waals surface area contributed by atoms with Crippen molar-refractivity contribution in [1.29, 1.82) is 0 Å². The van der Waals surface area contributed by atoms with E-state index in [1.165, 1.54) is 4.57 Å². The standard InChI is InChI=1S/C13H13ClN2O3S/c1-2-5-16-12(19)9-6-8(14)3-4-10(9)15-13(16)20-7-11(17)18/h3-4,6H,2,5,7H2,1H3,(H,17,18). The van der Waals surface area contributed by atoms with Crippen LogP contribution >= 0.6 is 23.4 Å². The third-order valence-corrected chi connectivity index (χ3v) is 3.85. The first-order valence-electron chi connectivity index (χ1n) is 6.07. The van der Waals surface area contributed by atoms with Crippen molar-refractivity contribution in [3.63, 3.8) is 0 Å². The van der Waals surface area contributed by atoms with Gasteiger partial charge in [0.25, 0.3) is 5.56 Å². The van der Waals surface area contributed by atoms with Crippen LogP contribution < -0.4 is 5.56 Å². The highest BCUT2D eigenvalue weighted by Gasteiger charge is 2.12. The van der Waals surface area contributed by atoms with Crippen molar-refractivity contribution < 1.29 is 9.90 Å². The quantitative estimate of drug-likeness (QED) is 0.679. The second-order valence-electron chi connectivity index (χ2n) is 4.20. The predicted molar refractivity (Wildman–Crippen MR) is 79.7 cm³/mol. The van der Waals surface area contributed by atoms with Crippen LogP contribution in [-0.2, 0) is 11.3 Å². The summed E-state index contributed by atoms with van der Waals surface area (Å²) in [4.78, 5) is 27.5. The lowest BCUT2D eigenvalue weighted by Crippen LogP contribution is -2.23. The van der Waals surface area contributed by atoms with Gasteiger partial charge in [-0.3, -0.25) is 14.2 Å². The van der Waals surface area contributed by atoms with Gasteiger partial charge >= 0.3 is 5.97 Å². The molecule has 1 heterocycles. The number of aliphatic carboxylic acids is 1. The molecule has 1 aromatic carbocycles. The summed E-state index contributed by atoms with van der Waals surface area (Å²) in [5.41, 5.74) is 0.340. The topological polar surface area (TPSA) is 72.2 Å². The second-order valence-corrected chi connectivity index (χ2v) is 5.57. The number of aromatic nitrogens is 2. The Balaban J connectivity index is 2.60. The van der Waals surface area contributed by atoms with Crippen molar-refractivity contribution in [2.75, 3.05) is 5.75 Å². The lowest BCUT2D eigenvalue weighted by molar-refractivity contribution is -0.133. The van der Waals surface area contributed by atoms with Gasteiger partial charge in [-0.15, -0.1) is 0 Å². The number of carboxylic acid groups (broad SMARTS) is 1. The Labute approximate surface area is 124 Å². The van der Waals surface area contributed by atoms with Gasteiger partial charge in [0.2, 0.25) is 0 Å². The van der Waals surface area contributed by atoms with Gasteiger partial charge in [0.15, 0.2) is 5.16 Å². The van der Waals surface area contributed by atoms with Crippen LogP contribution in [-0.4, -0.2) is 26.4 Å². The van der Waals surface area contributed by atoms with E-state index in [1.54, 1.807) is 18.2 Å². The molecule has 0 amide bonds. The second kappa shape index (κ2) is 6.28. The average molecular weight is 313 g/mol. The summed E-state index contributed by atoms with van der Waals surface area (Å²) in [5.74, 6) is -1.07. The van der Waals surface area contributed by atoms with Crippen molar-refractivity contribution >= 4 is 40.2 Å². The maximum absolute atomic E-state index is 12.4. The predicted octanol–water partition coefficient (Wildman–Crippen LogP) is 2.64. The highest BCUT2D eigenvalue weighted by molar-refractivity contribution is 7.99. The fourth-order valence-corrected chi connectivity index (χ4v) is 2.75. The van der Waals surface area contributed by atoms with E-state index in [-0.39, 0.29) is 11.3 Å². The molecule has 0 unspecified atom stereocenters. The molecule has 0 atom stereocenters. The molecule has 0 aliphatic heterocycles. The number of hydrogen-bond donors (Lipinski definition) is 1. The number of carbonyl (C=O) groups is 1. The minimum absolute atomic E-state index is 0.130. The number of rotatable bonds is 5. The molecule has 0 spiro atoms. The molecule has 0 aliphatic rings. The number of thioether (sulfide) groups is 1. The molecular formula is C13H13ClN2O3S. The maximum Gasteiger partial charge on any atom is 0.313 e. The highest BCUT2D eigenvalue weighted by atomic mass is 35.5. The van der Waals surface area contributed by atoms with Crippen molar-refractivity contribution in [2.24, 2.45) is 0 Å². The number of hydrogen-bond acceptors (Lipinski definition) is 4. The van der Waals surface area contributed by atoms with Crippen molar-refractivity contribution in [3.05, 3.63) is 33.6 Å². The smallest absolute Gasteiger partial charge is 0.313 e. The van der Waals surface area contributed by atoms with Crippen LogP contribution in [0, 0.1) is 0 Å². The van der Waals surface area contributed by atoms with E-state index in [1.807, 2.05) is 6.92 Å². The molecule has 20 heavy (non-hydrogen) atoms. The maximum atomic E-state index is 12.4. The molecule has 0 fully saturated rings. The van der Waals surface area contributed by atoms with Crippen LogP contribution in [0.5, 0.6) is 0 Å². The normalized spacial score (nSPS) is 10.9. The van der Waals surface area contributed by atoms with Gasteiger partial charge in [-0.1, -0.05) is 30.3 Å². The number of benzene rings is 1. The van der Waals surface area contributed by atoms with Crippen LogP contribution in [0.15, 0.2) is 28.2 Å². The molecule has 0 saturated heterocycles. The number of carboxylic acids is 1. The monoisotopic (exact) mass is 312 g/mol. The molecule has 2 rings (SSSR count). The lowest BCUT2D eigenvalue weighted by Gasteiger charge is -2.11. The molecular weight excluding hydrogens is 300 g/mol. The molecule has 2 aromatic rings. The van der Waals surface area contributed by atoms with E-state index in [2.05, 4.69) is 4.98 Å². The zero-order valence-electron chi connectivity index (χ0n) is 10.8. The van der Waals surface area contributed by atoms with Crippen LogP contribution in [0.1, 0.15) is 13.3 Å². The summed E-state index contributed by atoms with van der Waals surface area (Å²) < 4.78 is 1.51. The average Bonchev–Trinajstić information content (AvgIpc) is 2.41. The van der Waals surface area contributed by atoms with Gasteiger partial charge in [0.05, 0.1) is 16.7 Å². The summed E-state index contributed by atoms with van der Waals surface area (Å²) in [6.07, 6.45) is 0.758. The first-order chi connectivity index (χ1) is 9.52. The van der Waals surface area contributed by atoms with E-state index < -0.39 is 5.97 Å². The van der Waals surface area contributed by atoms with Crippen molar-refractivity contribution in [3.8, 4) is 0 Å². The van der Waals surface area contributed by atoms with Crippen LogP contribution in [0.25, 0.3) is 10.9 Å². The Hall–Kier alpha value is -1.53. The molecule has 106 valence electrons. The SMILES string of the molecule is CCCn1c(SCC(=O)O)nc2ccc(Cl)cc2c1=O. The molecule has 0 radical (unpaired) electrons. The fraction of sp³-hybridized carbons (Fsp3) is 0.308. The summed E-state index contributed by atoms with van der Waals surface area (Å²) in [6.45, 7) is 2.44. The fourth-order valence-electron chi connectivity index (χ4n) is 1.83. The summed E-state index contributed by atoms with van der Waals surface area (Å²) in [5, 5.41) is 10.1. The zero-order valence-corrected chi connectivity index (χ0v) is 12.4. The van der Waals surface area contributed by atoms with E-state index in [4.69, 9.17) is 16.7 Å². The molecule has 0 aliphatic carbocycles. The van der Waals surface area contributed by atoms with Gasteiger partial charge in [-0.05, 0) is 24.6 Å². The zero-order chi connectivity index (χ0) is 14.7. The van der Waals surface area contributed by atoms with Gasteiger partial charge in [0, 0.05) is 11.6 Å². The van der Waals surface area contributed by atoms with E-state index in [0.29, 0.717) is 27.6 Å².